The lowest BCUT2D eigenvalue weighted by molar-refractivity contribution is -0.0899. The maximum atomic E-state index is 10.7. The molecule has 0 amide bonds. The predicted molar refractivity (Wildman–Crippen MR) is 80.0 cm³/mol. The fourth-order valence-corrected chi connectivity index (χ4v) is 7.97. The molecule has 8 atom stereocenters. The Labute approximate surface area is 122 Å². The van der Waals surface area contributed by atoms with Gasteiger partial charge in [0, 0.05) is 0 Å². The molecule has 4 bridgehead atoms. The van der Waals surface area contributed by atoms with E-state index in [1.165, 1.54) is 44.9 Å². The molecule has 0 radical (unpaired) electrons. The van der Waals surface area contributed by atoms with Crippen LogP contribution in [0, 0.1) is 46.8 Å². The topological polar surface area (TPSA) is 20.2 Å². The van der Waals surface area contributed by atoms with Gasteiger partial charge in [0.25, 0.3) is 0 Å². The van der Waals surface area contributed by atoms with Gasteiger partial charge in [-0.1, -0.05) is 38.3 Å². The predicted octanol–water partition coefficient (Wildman–Crippen LogP) is 4.02. The van der Waals surface area contributed by atoms with Crippen LogP contribution >= 0.6 is 0 Å². The van der Waals surface area contributed by atoms with Crippen molar-refractivity contribution in [1.29, 1.82) is 0 Å². The maximum Gasteiger partial charge on any atom is 0.0599 e. The van der Waals surface area contributed by atoms with Gasteiger partial charge in [-0.05, 0) is 72.5 Å². The van der Waals surface area contributed by atoms with Crippen LogP contribution in [0.3, 0.4) is 0 Å². The minimum atomic E-state index is 0.00876. The Bertz CT molecular complexity index is 449. The van der Waals surface area contributed by atoms with Gasteiger partial charge in [-0.2, -0.15) is 0 Å². The highest BCUT2D eigenvalue weighted by Gasteiger charge is 2.73. The normalized spacial score (nSPS) is 60.4. The van der Waals surface area contributed by atoms with Gasteiger partial charge in [-0.25, -0.2) is 0 Å². The Kier molecular flexibility index (Phi) is 2.40. The minimum Gasteiger partial charge on any atom is -0.393 e. The molecule has 5 rings (SSSR count). The largest absolute Gasteiger partial charge is 0.393 e. The molecule has 0 aromatic rings. The summed E-state index contributed by atoms with van der Waals surface area (Å²) in [6.07, 6.45) is 15.3. The molecule has 0 aromatic heterocycles. The van der Waals surface area contributed by atoms with Crippen LogP contribution in [0.1, 0.15) is 51.9 Å². The van der Waals surface area contributed by atoms with Crippen molar-refractivity contribution >= 4 is 0 Å². The van der Waals surface area contributed by atoms with E-state index >= 15 is 0 Å². The van der Waals surface area contributed by atoms with Crippen molar-refractivity contribution in [3.63, 3.8) is 0 Å². The summed E-state index contributed by atoms with van der Waals surface area (Å²) in [5.74, 6) is 5.53. The molecule has 110 valence electrons. The summed E-state index contributed by atoms with van der Waals surface area (Å²) in [6.45, 7) is 2.35. The van der Waals surface area contributed by atoms with Gasteiger partial charge >= 0.3 is 0 Å². The van der Waals surface area contributed by atoms with Crippen LogP contribution < -0.4 is 0 Å². The zero-order chi connectivity index (χ0) is 13.5. The molecule has 1 N–H and O–H groups in total. The maximum absolute atomic E-state index is 10.7. The van der Waals surface area contributed by atoms with Gasteiger partial charge in [0.1, 0.15) is 0 Å². The Morgan fingerprint density at radius 3 is 2.65 bits per heavy atom. The number of aliphatic hydroxyl groups is 1. The molecule has 4 fully saturated rings. The number of rotatable bonds is 1. The van der Waals surface area contributed by atoms with Crippen LogP contribution in [0.25, 0.3) is 0 Å². The van der Waals surface area contributed by atoms with E-state index in [0.29, 0.717) is 17.3 Å². The van der Waals surface area contributed by atoms with E-state index in [4.69, 9.17) is 0 Å². The van der Waals surface area contributed by atoms with Gasteiger partial charge in [0.2, 0.25) is 0 Å². The monoisotopic (exact) mass is 272 g/mol. The van der Waals surface area contributed by atoms with Crippen molar-refractivity contribution in [2.45, 2.75) is 58.0 Å². The van der Waals surface area contributed by atoms with Gasteiger partial charge in [-0.3, -0.25) is 0 Å². The highest BCUT2D eigenvalue weighted by molar-refractivity contribution is 5.29. The van der Waals surface area contributed by atoms with Gasteiger partial charge in [0.05, 0.1) is 6.10 Å². The van der Waals surface area contributed by atoms with Crippen molar-refractivity contribution in [2.75, 3.05) is 0 Å². The Morgan fingerprint density at radius 1 is 1.05 bits per heavy atom. The van der Waals surface area contributed by atoms with Crippen LogP contribution in [0.5, 0.6) is 0 Å². The SMILES string of the molecule is CC1C(O)C2CC1C1(C3CCCCC3)C3C=CC(C3)C21. The molecule has 5 aliphatic carbocycles. The highest BCUT2D eigenvalue weighted by Crippen LogP contribution is 2.77. The van der Waals surface area contributed by atoms with Crippen LogP contribution in [0.15, 0.2) is 12.2 Å². The van der Waals surface area contributed by atoms with E-state index < -0.39 is 0 Å². The molecule has 20 heavy (non-hydrogen) atoms. The standard InChI is InChI=1S/C19H28O/c1-11-16-10-15(18(11)20)17-12-7-8-14(9-12)19(16,17)13-5-3-2-4-6-13/h7-8,11-18,20H,2-6,9-10H2,1H3. The Morgan fingerprint density at radius 2 is 1.85 bits per heavy atom. The van der Waals surface area contributed by atoms with Crippen molar-refractivity contribution < 1.29 is 5.11 Å². The average molecular weight is 272 g/mol. The van der Waals surface area contributed by atoms with E-state index in [1.54, 1.807) is 0 Å². The third kappa shape index (κ3) is 1.18. The van der Waals surface area contributed by atoms with Crippen LogP contribution in [-0.4, -0.2) is 11.2 Å². The molecule has 1 heteroatoms. The Balaban J connectivity index is 1.62. The third-order valence-electron chi connectivity index (χ3n) is 8.35. The minimum absolute atomic E-state index is 0.00876. The zero-order valence-electron chi connectivity index (χ0n) is 12.7. The second kappa shape index (κ2) is 3.91. The quantitative estimate of drug-likeness (QED) is 0.564. The summed E-state index contributed by atoms with van der Waals surface area (Å²) in [6, 6.07) is 0. The summed E-state index contributed by atoms with van der Waals surface area (Å²) < 4.78 is 0. The summed E-state index contributed by atoms with van der Waals surface area (Å²) in [5, 5.41) is 10.7. The number of aliphatic hydroxyl groups excluding tert-OH is 1. The molecule has 5 aliphatic rings. The zero-order valence-corrected chi connectivity index (χ0v) is 12.7. The number of hydrogen-bond acceptors (Lipinski definition) is 1. The van der Waals surface area contributed by atoms with E-state index in [1.807, 2.05) is 0 Å². The Hall–Kier alpha value is -0.300. The van der Waals surface area contributed by atoms with Crippen LogP contribution in [0.4, 0.5) is 0 Å². The van der Waals surface area contributed by atoms with Crippen molar-refractivity contribution in [3.8, 4) is 0 Å². The fourth-order valence-electron chi connectivity index (χ4n) is 7.97. The lowest BCUT2D eigenvalue weighted by Crippen LogP contribution is -2.52. The van der Waals surface area contributed by atoms with Gasteiger partial charge in [0.15, 0.2) is 0 Å². The summed E-state index contributed by atoms with van der Waals surface area (Å²) >= 11 is 0. The first-order valence-electron chi connectivity index (χ1n) is 9.11. The van der Waals surface area contributed by atoms with Crippen molar-refractivity contribution in [3.05, 3.63) is 12.2 Å². The molecule has 4 saturated carbocycles. The molecule has 0 spiro atoms. The molecular weight excluding hydrogens is 244 g/mol. The second-order valence-electron chi connectivity index (χ2n) is 8.61. The first-order valence-corrected chi connectivity index (χ1v) is 9.11. The highest BCUT2D eigenvalue weighted by atomic mass is 16.3. The molecule has 0 heterocycles. The van der Waals surface area contributed by atoms with Gasteiger partial charge < -0.3 is 5.11 Å². The van der Waals surface area contributed by atoms with E-state index in [2.05, 4.69) is 19.1 Å². The van der Waals surface area contributed by atoms with E-state index in [-0.39, 0.29) is 6.10 Å². The molecule has 0 aromatic carbocycles. The first kappa shape index (κ1) is 12.3. The second-order valence-corrected chi connectivity index (χ2v) is 8.61. The molecule has 0 aliphatic heterocycles. The van der Waals surface area contributed by atoms with Crippen molar-refractivity contribution in [1.82, 2.24) is 0 Å². The summed E-state index contributed by atoms with van der Waals surface area (Å²) in [5.41, 5.74) is 0.614. The number of allylic oxidation sites excluding steroid dienone is 2. The average Bonchev–Trinajstić information content (AvgIpc) is 3.20. The lowest BCUT2D eigenvalue weighted by Gasteiger charge is -2.54. The van der Waals surface area contributed by atoms with Gasteiger partial charge in [-0.15, -0.1) is 0 Å². The summed E-state index contributed by atoms with van der Waals surface area (Å²) in [4.78, 5) is 0. The molecular formula is C19H28O. The van der Waals surface area contributed by atoms with E-state index in [0.717, 1.165) is 29.6 Å². The molecule has 8 unspecified atom stereocenters. The lowest BCUT2D eigenvalue weighted by atomic mass is 9.50. The van der Waals surface area contributed by atoms with E-state index in [9.17, 15) is 5.11 Å². The smallest absolute Gasteiger partial charge is 0.0599 e. The van der Waals surface area contributed by atoms with Crippen LogP contribution in [-0.2, 0) is 0 Å². The molecule has 0 saturated heterocycles. The number of hydrogen-bond donors (Lipinski definition) is 1. The number of fused-ring (bicyclic) bond motifs is 9. The summed E-state index contributed by atoms with van der Waals surface area (Å²) in [7, 11) is 0. The third-order valence-corrected chi connectivity index (χ3v) is 8.35. The van der Waals surface area contributed by atoms with Crippen molar-refractivity contribution in [2.24, 2.45) is 46.8 Å². The molecule has 1 nitrogen and oxygen atoms in total. The fraction of sp³-hybridized carbons (Fsp3) is 0.895. The van der Waals surface area contributed by atoms with Crippen LogP contribution in [0.2, 0.25) is 0 Å². The first-order chi connectivity index (χ1) is 9.74.